The van der Waals surface area contributed by atoms with E-state index in [1.165, 1.54) is 22.3 Å². The van der Waals surface area contributed by atoms with Crippen molar-refractivity contribution in [3.05, 3.63) is 22.7 Å². The molecule has 0 bridgehead atoms. The van der Waals surface area contributed by atoms with E-state index in [-0.39, 0.29) is 12.5 Å². The van der Waals surface area contributed by atoms with Crippen molar-refractivity contribution >= 4 is 23.2 Å². The number of tetrazole rings is 1. The fraction of sp³-hybridized carbons (Fsp3) is 0.364. The van der Waals surface area contributed by atoms with Gasteiger partial charge in [0.2, 0.25) is 0 Å². The van der Waals surface area contributed by atoms with Gasteiger partial charge in [0.1, 0.15) is 11.2 Å². The number of aliphatic carboxylic acids is 1. The Balaban J connectivity index is 1.73. The number of nitrogens with one attached hydrogen (secondary N) is 1. The van der Waals surface area contributed by atoms with E-state index in [1.807, 2.05) is 0 Å². The summed E-state index contributed by atoms with van der Waals surface area (Å²) in [5.41, 5.74) is -0.195. The van der Waals surface area contributed by atoms with Crippen LogP contribution in [0.2, 0.25) is 0 Å². The summed E-state index contributed by atoms with van der Waals surface area (Å²) in [6.45, 7) is 0.147. The van der Waals surface area contributed by atoms with Crippen LogP contribution in [0.5, 0.6) is 0 Å². The Morgan fingerprint density at radius 1 is 1.50 bits per heavy atom. The van der Waals surface area contributed by atoms with Crippen molar-refractivity contribution in [2.45, 2.75) is 12.8 Å². The Labute approximate surface area is 117 Å². The molecule has 0 spiro atoms. The minimum atomic E-state index is -0.857. The molecule has 1 amide bonds. The molecule has 104 valence electrons. The van der Waals surface area contributed by atoms with Gasteiger partial charge >= 0.3 is 5.97 Å². The third-order valence-corrected chi connectivity index (χ3v) is 4.24. The van der Waals surface area contributed by atoms with Gasteiger partial charge in [0.15, 0.2) is 0 Å². The van der Waals surface area contributed by atoms with Gasteiger partial charge in [-0.25, -0.2) is 0 Å². The number of hydrogen-bond acceptors (Lipinski definition) is 6. The highest BCUT2D eigenvalue weighted by Crippen LogP contribution is 2.45. The minimum absolute atomic E-state index is 0.147. The number of thiophene rings is 1. The SMILES string of the molecule is O=C(NCC1(C(=O)O)CC1)c1sccc1-n1cnnn1. The van der Waals surface area contributed by atoms with E-state index in [0.717, 1.165) is 0 Å². The molecule has 8 nitrogen and oxygen atoms in total. The van der Waals surface area contributed by atoms with Gasteiger partial charge in [-0.2, -0.15) is 4.68 Å². The Bertz CT molecular complexity index is 647. The summed E-state index contributed by atoms with van der Waals surface area (Å²) in [6.07, 6.45) is 2.61. The Kier molecular flexibility index (Phi) is 2.97. The fourth-order valence-corrected chi connectivity index (χ4v) is 2.67. The van der Waals surface area contributed by atoms with Gasteiger partial charge in [0.25, 0.3) is 5.91 Å². The summed E-state index contributed by atoms with van der Waals surface area (Å²) in [5.74, 6) is -1.16. The molecule has 0 atom stereocenters. The van der Waals surface area contributed by atoms with Crippen LogP contribution in [0.1, 0.15) is 22.5 Å². The molecule has 1 saturated carbocycles. The molecular weight excluding hydrogens is 282 g/mol. The standard InChI is InChI=1S/C11H11N5O3S/c17-9(12-5-11(2-3-11)10(18)19)8-7(1-4-20-8)16-6-13-14-15-16/h1,4,6H,2-3,5H2,(H,12,17)(H,18,19). The molecule has 2 N–H and O–H groups in total. The lowest BCUT2D eigenvalue weighted by molar-refractivity contribution is -0.143. The first-order chi connectivity index (χ1) is 9.62. The molecule has 1 fully saturated rings. The van der Waals surface area contributed by atoms with Crippen LogP contribution in [0.4, 0.5) is 0 Å². The number of hydrogen-bond donors (Lipinski definition) is 2. The molecule has 2 heterocycles. The number of aromatic nitrogens is 4. The maximum Gasteiger partial charge on any atom is 0.311 e. The number of carboxylic acid groups (broad SMARTS) is 1. The predicted octanol–water partition coefficient (Wildman–Crippen LogP) is 0.318. The first-order valence-electron chi connectivity index (χ1n) is 5.95. The van der Waals surface area contributed by atoms with Crippen molar-refractivity contribution in [1.82, 2.24) is 25.5 Å². The van der Waals surface area contributed by atoms with Crippen molar-refractivity contribution in [3.8, 4) is 5.69 Å². The highest BCUT2D eigenvalue weighted by molar-refractivity contribution is 7.12. The topological polar surface area (TPSA) is 110 Å². The molecule has 0 aromatic carbocycles. The van der Waals surface area contributed by atoms with Crippen molar-refractivity contribution in [3.63, 3.8) is 0 Å². The van der Waals surface area contributed by atoms with Gasteiger partial charge in [-0.1, -0.05) is 0 Å². The van der Waals surface area contributed by atoms with Gasteiger partial charge in [0, 0.05) is 6.54 Å². The average Bonchev–Trinajstić information content (AvgIpc) is 2.87. The largest absolute Gasteiger partial charge is 0.481 e. The maximum atomic E-state index is 12.1. The van der Waals surface area contributed by atoms with Crippen molar-refractivity contribution < 1.29 is 14.7 Å². The minimum Gasteiger partial charge on any atom is -0.481 e. The van der Waals surface area contributed by atoms with E-state index >= 15 is 0 Å². The zero-order chi connectivity index (χ0) is 14.2. The van der Waals surface area contributed by atoms with Gasteiger partial charge < -0.3 is 10.4 Å². The molecule has 1 aliphatic rings. The Morgan fingerprint density at radius 3 is 2.90 bits per heavy atom. The summed E-state index contributed by atoms with van der Waals surface area (Å²) in [4.78, 5) is 23.7. The van der Waals surface area contributed by atoms with Crippen LogP contribution >= 0.6 is 11.3 Å². The molecule has 0 unspecified atom stereocenters. The summed E-state index contributed by atoms with van der Waals surface area (Å²) in [6, 6.07) is 1.74. The van der Waals surface area contributed by atoms with Crippen LogP contribution in [0.15, 0.2) is 17.8 Å². The van der Waals surface area contributed by atoms with Gasteiger partial charge in [-0.05, 0) is 34.7 Å². The number of nitrogens with zero attached hydrogens (tertiary/aromatic N) is 4. The highest BCUT2D eigenvalue weighted by atomic mass is 32.1. The zero-order valence-corrected chi connectivity index (χ0v) is 11.1. The second-order valence-electron chi connectivity index (χ2n) is 4.66. The van der Waals surface area contributed by atoms with Crippen LogP contribution in [-0.4, -0.2) is 43.7 Å². The molecule has 20 heavy (non-hydrogen) atoms. The van der Waals surface area contributed by atoms with E-state index in [9.17, 15) is 9.59 Å². The van der Waals surface area contributed by atoms with E-state index in [2.05, 4.69) is 20.8 Å². The molecule has 0 radical (unpaired) electrons. The Morgan fingerprint density at radius 2 is 2.30 bits per heavy atom. The smallest absolute Gasteiger partial charge is 0.311 e. The number of carbonyl (C=O) groups excluding carboxylic acids is 1. The lowest BCUT2D eigenvalue weighted by Crippen LogP contribution is -2.34. The van der Waals surface area contributed by atoms with Crippen molar-refractivity contribution in [2.75, 3.05) is 6.54 Å². The summed E-state index contributed by atoms with van der Waals surface area (Å²) >= 11 is 1.26. The van der Waals surface area contributed by atoms with E-state index in [0.29, 0.717) is 23.4 Å². The number of amides is 1. The van der Waals surface area contributed by atoms with Gasteiger partial charge in [-0.15, -0.1) is 16.4 Å². The normalized spacial score (nSPS) is 15.8. The third-order valence-electron chi connectivity index (χ3n) is 3.34. The predicted molar refractivity (Wildman–Crippen MR) is 68.7 cm³/mol. The van der Waals surface area contributed by atoms with E-state index < -0.39 is 11.4 Å². The van der Waals surface area contributed by atoms with E-state index in [1.54, 1.807) is 11.4 Å². The van der Waals surface area contributed by atoms with Gasteiger partial charge in [0.05, 0.1) is 11.1 Å². The summed E-state index contributed by atoms with van der Waals surface area (Å²) in [7, 11) is 0. The van der Waals surface area contributed by atoms with Crippen LogP contribution in [0.25, 0.3) is 5.69 Å². The Hall–Kier alpha value is -2.29. The lowest BCUT2D eigenvalue weighted by Gasteiger charge is -2.11. The van der Waals surface area contributed by atoms with Crippen LogP contribution in [-0.2, 0) is 4.79 Å². The monoisotopic (exact) mass is 293 g/mol. The second kappa shape index (κ2) is 4.67. The molecule has 0 aliphatic heterocycles. The van der Waals surface area contributed by atoms with Crippen LogP contribution in [0, 0.1) is 5.41 Å². The lowest BCUT2D eigenvalue weighted by atomic mass is 10.1. The molecular formula is C11H11N5O3S. The summed E-state index contributed by atoms with van der Waals surface area (Å²) in [5, 5.41) is 24.3. The third kappa shape index (κ3) is 2.16. The zero-order valence-electron chi connectivity index (χ0n) is 10.3. The molecule has 9 heteroatoms. The number of rotatable bonds is 5. The fourth-order valence-electron chi connectivity index (χ4n) is 1.87. The molecule has 0 saturated heterocycles. The van der Waals surface area contributed by atoms with Crippen molar-refractivity contribution in [2.24, 2.45) is 5.41 Å². The molecule has 2 aromatic rings. The number of carbonyl (C=O) groups is 2. The first kappa shape index (κ1) is 12.7. The molecule has 2 aromatic heterocycles. The van der Waals surface area contributed by atoms with Crippen LogP contribution in [0.3, 0.4) is 0 Å². The van der Waals surface area contributed by atoms with E-state index in [4.69, 9.17) is 5.11 Å². The molecule has 3 rings (SSSR count). The first-order valence-corrected chi connectivity index (χ1v) is 6.83. The van der Waals surface area contributed by atoms with Crippen LogP contribution < -0.4 is 5.32 Å². The maximum absolute atomic E-state index is 12.1. The summed E-state index contributed by atoms with van der Waals surface area (Å²) < 4.78 is 1.40. The quantitative estimate of drug-likeness (QED) is 0.821. The van der Waals surface area contributed by atoms with Gasteiger partial charge in [-0.3, -0.25) is 9.59 Å². The second-order valence-corrected chi connectivity index (χ2v) is 5.57. The van der Waals surface area contributed by atoms with Crippen molar-refractivity contribution in [1.29, 1.82) is 0 Å². The number of carboxylic acids is 1. The average molecular weight is 293 g/mol. The highest BCUT2D eigenvalue weighted by Gasteiger charge is 2.50. The molecule has 1 aliphatic carbocycles.